The monoisotopic (exact) mass is 246 g/mol. The lowest BCUT2D eigenvalue weighted by molar-refractivity contribution is -0.146. The Bertz CT molecular complexity index is 490. The molecule has 2 heterocycles. The van der Waals surface area contributed by atoms with E-state index in [0.29, 0.717) is 13.1 Å². The number of aliphatic hydroxyl groups is 1. The van der Waals surface area contributed by atoms with Crippen molar-refractivity contribution < 1.29 is 14.7 Å². The Labute approximate surface area is 104 Å². The number of benzene rings is 1. The Morgan fingerprint density at radius 3 is 2.39 bits per heavy atom. The van der Waals surface area contributed by atoms with E-state index in [1.165, 1.54) is 11.1 Å². The van der Waals surface area contributed by atoms with Crippen molar-refractivity contribution >= 4 is 11.7 Å². The van der Waals surface area contributed by atoms with Crippen molar-refractivity contribution in [2.24, 2.45) is 0 Å². The summed E-state index contributed by atoms with van der Waals surface area (Å²) in [4.78, 5) is 25.3. The smallest absolute Gasteiger partial charge is 0.240 e. The van der Waals surface area contributed by atoms with Gasteiger partial charge in [0.05, 0.1) is 6.04 Å². The van der Waals surface area contributed by atoms with E-state index >= 15 is 0 Å². The number of piperidine rings is 1. The molecule has 1 aromatic carbocycles. The highest BCUT2D eigenvalue weighted by molar-refractivity contribution is 5.97. The van der Waals surface area contributed by atoms with Gasteiger partial charge in [0.1, 0.15) is 0 Å². The van der Waals surface area contributed by atoms with Crippen molar-refractivity contribution in [1.82, 2.24) is 10.2 Å². The molecule has 5 nitrogen and oxygen atoms in total. The zero-order valence-electron chi connectivity index (χ0n) is 9.80. The molecule has 18 heavy (non-hydrogen) atoms. The summed E-state index contributed by atoms with van der Waals surface area (Å²) in [6, 6.07) is 7.55. The molecule has 1 saturated heterocycles. The summed E-state index contributed by atoms with van der Waals surface area (Å²) in [5.74, 6) is -0.592. The highest BCUT2D eigenvalue weighted by Gasteiger charge is 2.38. The largest absolute Gasteiger partial charge is 0.367 e. The fourth-order valence-electron chi connectivity index (χ4n) is 2.58. The number of hydrogen-bond donors (Lipinski definition) is 2. The summed E-state index contributed by atoms with van der Waals surface area (Å²) in [6.45, 7) is 1.36. The number of fused-ring (bicyclic) bond motifs is 1. The number of aliphatic hydroxyl groups excluding tert-OH is 1. The van der Waals surface area contributed by atoms with Gasteiger partial charge in [-0.05, 0) is 11.1 Å². The summed E-state index contributed by atoms with van der Waals surface area (Å²) < 4.78 is 0. The number of amides is 1. The van der Waals surface area contributed by atoms with Crippen LogP contribution in [0.25, 0.3) is 0 Å². The fraction of sp³-hybridized carbons (Fsp3) is 0.385. The summed E-state index contributed by atoms with van der Waals surface area (Å²) >= 11 is 0. The first-order chi connectivity index (χ1) is 8.65. The Balaban J connectivity index is 1.78. The number of rotatable bonds is 1. The number of nitrogens with zero attached hydrogens (tertiary/aromatic N) is 1. The number of ketones is 1. The zero-order valence-corrected chi connectivity index (χ0v) is 9.80. The quantitative estimate of drug-likeness (QED) is 0.718. The van der Waals surface area contributed by atoms with Crippen LogP contribution < -0.4 is 5.32 Å². The third-order valence-corrected chi connectivity index (χ3v) is 3.59. The number of carbonyl (C=O) groups is 2. The maximum Gasteiger partial charge on any atom is 0.240 e. The lowest BCUT2D eigenvalue weighted by Gasteiger charge is -2.31. The van der Waals surface area contributed by atoms with Gasteiger partial charge in [-0.25, -0.2) is 0 Å². The molecule has 0 radical (unpaired) electrons. The molecule has 2 N–H and O–H groups in total. The Morgan fingerprint density at radius 2 is 1.78 bits per heavy atom. The van der Waals surface area contributed by atoms with Gasteiger partial charge in [-0.15, -0.1) is 0 Å². The summed E-state index contributed by atoms with van der Waals surface area (Å²) in [5, 5.41) is 11.6. The fourth-order valence-corrected chi connectivity index (χ4v) is 2.58. The lowest BCUT2D eigenvalue weighted by Crippen LogP contribution is -2.57. The van der Waals surface area contributed by atoms with E-state index in [4.69, 9.17) is 0 Å². The predicted molar refractivity (Wildman–Crippen MR) is 63.3 cm³/mol. The standard InChI is InChI=1S/C13H14N2O3/c16-11-5-10(12(17)14-13(11)18)15-6-8-3-1-2-4-9(8)7-15/h1-4,10,13,18H,5-7H2,(H,14,17). The first kappa shape index (κ1) is 11.4. The van der Waals surface area contributed by atoms with Crippen LogP contribution in [0.5, 0.6) is 0 Å². The van der Waals surface area contributed by atoms with E-state index < -0.39 is 12.3 Å². The van der Waals surface area contributed by atoms with Gasteiger partial charge in [0.15, 0.2) is 12.0 Å². The topological polar surface area (TPSA) is 69.6 Å². The van der Waals surface area contributed by atoms with Crippen LogP contribution in [-0.2, 0) is 22.7 Å². The average molecular weight is 246 g/mol. The van der Waals surface area contributed by atoms with Gasteiger partial charge in [0, 0.05) is 19.5 Å². The normalized spacial score (nSPS) is 28.1. The van der Waals surface area contributed by atoms with Crippen LogP contribution in [0.2, 0.25) is 0 Å². The van der Waals surface area contributed by atoms with Crippen LogP contribution in [0, 0.1) is 0 Å². The molecule has 3 rings (SSSR count). The molecule has 2 aliphatic rings. The van der Waals surface area contributed by atoms with Gasteiger partial charge in [-0.1, -0.05) is 24.3 Å². The molecule has 1 fully saturated rings. The molecule has 0 bridgehead atoms. The van der Waals surface area contributed by atoms with Crippen molar-refractivity contribution in [2.45, 2.75) is 31.8 Å². The van der Waals surface area contributed by atoms with Crippen LogP contribution in [0.1, 0.15) is 17.5 Å². The molecule has 0 saturated carbocycles. The van der Waals surface area contributed by atoms with Crippen LogP contribution in [-0.4, -0.2) is 34.0 Å². The first-order valence-electron chi connectivity index (χ1n) is 5.97. The molecule has 2 aliphatic heterocycles. The second-order valence-corrected chi connectivity index (χ2v) is 4.77. The summed E-state index contributed by atoms with van der Waals surface area (Å²) in [5.41, 5.74) is 2.40. The van der Waals surface area contributed by atoms with E-state index in [0.717, 1.165) is 0 Å². The second-order valence-electron chi connectivity index (χ2n) is 4.77. The first-order valence-corrected chi connectivity index (χ1v) is 5.97. The molecule has 2 unspecified atom stereocenters. The van der Waals surface area contributed by atoms with Crippen LogP contribution in [0.4, 0.5) is 0 Å². The molecular formula is C13H14N2O3. The van der Waals surface area contributed by atoms with Crippen molar-refractivity contribution in [1.29, 1.82) is 0 Å². The van der Waals surface area contributed by atoms with Crippen molar-refractivity contribution in [3.63, 3.8) is 0 Å². The van der Waals surface area contributed by atoms with Crippen molar-refractivity contribution in [3.05, 3.63) is 35.4 Å². The minimum atomic E-state index is -1.33. The number of hydrogen-bond acceptors (Lipinski definition) is 4. The lowest BCUT2D eigenvalue weighted by atomic mass is 10.0. The van der Waals surface area contributed by atoms with Gasteiger partial charge >= 0.3 is 0 Å². The van der Waals surface area contributed by atoms with Crippen molar-refractivity contribution in [3.8, 4) is 0 Å². The van der Waals surface area contributed by atoms with Gasteiger partial charge in [-0.2, -0.15) is 0 Å². The molecule has 2 atom stereocenters. The average Bonchev–Trinajstić information content (AvgIpc) is 2.77. The van der Waals surface area contributed by atoms with Crippen molar-refractivity contribution in [2.75, 3.05) is 0 Å². The highest BCUT2D eigenvalue weighted by atomic mass is 16.3. The maximum absolute atomic E-state index is 11.8. The minimum absolute atomic E-state index is 0.0843. The Kier molecular flexibility index (Phi) is 2.65. The Morgan fingerprint density at radius 1 is 1.17 bits per heavy atom. The Hall–Kier alpha value is -1.72. The van der Waals surface area contributed by atoms with E-state index in [1.54, 1.807) is 0 Å². The number of Topliss-reactive ketones (excluding diaryl/α,β-unsaturated/α-hetero) is 1. The molecule has 1 aromatic rings. The van der Waals surface area contributed by atoms with Crippen LogP contribution in [0.15, 0.2) is 24.3 Å². The van der Waals surface area contributed by atoms with Gasteiger partial charge in [0.2, 0.25) is 5.91 Å². The minimum Gasteiger partial charge on any atom is -0.367 e. The van der Waals surface area contributed by atoms with Gasteiger partial charge in [-0.3, -0.25) is 14.5 Å². The predicted octanol–water partition coefficient (Wildman–Crippen LogP) is -0.222. The molecule has 1 amide bonds. The highest BCUT2D eigenvalue weighted by Crippen LogP contribution is 2.26. The number of carbonyl (C=O) groups excluding carboxylic acids is 2. The maximum atomic E-state index is 11.8. The number of nitrogens with one attached hydrogen (secondary N) is 1. The van der Waals surface area contributed by atoms with Crippen LogP contribution >= 0.6 is 0 Å². The third kappa shape index (κ3) is 1.81. The zero-order chi connectivity index (χ0) is 12.7. The van der Waals surface area contributed by atoms with Gasteiger partial charge in [0.25, 0.3) is 0 Å². The SMILES string of the molecule is O=C1CC(N2Cc3ccccc3C2)C(=O)NC1O. The van der Waals surface area contributed by atoms with E-state index in [9.17, 15) is 14.7 Å². The summed E-state index contributed by atoms with van der Waals surface area (Å²) in [7, 11) is 0. The molecule has 5 heteroatoms. The van der Waals surface area contributed by atoms with Crippen LogP contribution in [0.3, 0.4) is 0 Å². The van der Waals surface area contributed by atoms with E-state index in [-0.39, 0.29) is 18.1 Å². The third-order valence-electron chi connectivity index (χ3n) is 3.59. The molecule has 0 spiro atoms. The molecule has 0 aliphatic carbocycles. The van der Waals surface area contributed by atoms with Gasteiger partial charge < -0.3 is 10.4 Å². The van der Waals surface area contributed by atoms with E-state index in [1.807, 2.05) is 29.2 Å². The second kappa shape index (κ2) is 4.19. The molecule has 94 valence electrons. The summed E-state index contributed by atoms with van der Waals surface area (Å²) in [6.07, 6.45) is -1.25. The van der Waals surface area contributed by atoms with E-state index in [2.05, 4.69) is 5.32 Å². The molecular weight excluding hydrogens is 232 g/mol. The molecule has 0 aromatic heterocycles.